The van der Waals surface area contributed by atoms with Crippen molar-refractivity contribution in [3.63, 3.8) is 0 Å². The van der Waals surface area contributed by atoms with Crippen molar-refractivity contribution in [3.05, 3.63) is 11.8 Å². The first-order chi connectivity index (χ1) is 6.66. The molecule has 1 saturated heterocycles. The summed E-state index contributed by atoms with van der Waals surface area (Å²) in [6.45, 7) is 3.86. The summed E-state index contributed by atoms with van der Waals surface area (Å²) >= 11 is 0. The van der Waals surface area contributed by atoms with Gasteiger partial charge in [0, 0.05) is 6.92 Å². The Bertz CT molecular complexity index is 321. The highest BCUT2D eigenvalue weighted by Crippen LogP contribution is 2.36. The number of amides is 1. The fourth-order valence-electron chi connectivity index (χ4n) is 1.98. The highest BCUT2D eigenvalue weighted by atomic mass is 16.5. The molecule has 2 rings (SSSR count). The zero-order chi connectivity index (χ0) is 10.3. The molecule has 0 aromatic carbocycles. The number of fused-ring (bicyclic) bond motifs is 1. The van der Waals surface area contributed by atoms with Gasteiger partial charge in [0.1, 0.15) is 6.23 Å². The molecule has 0 bridgehead atoms. The molecule has 0 aromatic rings. The molecule has 2 heterocycles. The van der Waals surface area contributed by atoms with E-state index in [4.69, 9.17) is 4.74 Å². The quantitative estimate of drug-likeness (QED) is 0.609. The third-order valence-electron chi connectivity index (χ3n) is 2.76. The van der Waals surface area contributed by atoms with Gasteiger partial charge in [-0.15, -0.1) is 0 Å². The number of hydrogen-bond donors (Lipinski definition) is 0. The van der Waals surface area contributed by atoms with Crippen molar-refractivity contribution in [1.82, 2.24) is 4.90 Å². The Labute approximate surface area is 82.5 Å². The van der Waals surface area contributed by atoms with Crippen LogP contribution in [0.3, 0.4) is 0 Å². The molecule has 2 unspecified atom stereocenters. The van der Waals surface area contributed by atoms with Crippen LogP contribution in [0.1, 0.15) is 20.3 Å². The molecule has 0 aliphatic carbocycles. The topological polar surface area (TPSA) is 46.6 Å². The van der Waals surface area contributed by atoms with Crippen LogP contribution in [0.5, 0.6) is 0 Å². The number of ketones is 1. The van der Waals surface area contributed by atoms with E-state index >= 15 is 0 Å². The Morgan fingerprint density at radius 3 is 3.00 bits per heavy atom. The molecule has 2 aliphatic heterocycles. The Morgan fingerprint density at radius 2 is 2.43 bits per heavy atom. The van der Waals surface area contributed by atoms with Crippen molar-refractivity contribution in [2.24, 2.45) is 5.92 Å². The average molecular weight is 195 g/mol. The summed E-state index contributed by atoms with van der Waals surface area (Å²) in [6.07, 6.45) is 2.24. The van der Waals surface area contributed by atoms with Gasteiger partial charge in [0.25, 0.3) is 0 Å². The first-order valence-corrected chi connectivity index (χ1v) is 4.82. The number of ether oxygens (including phenoxy) is 1. The molecular formula is C10H13NO3. The maximum atomic E-state index is 11.6. The van der Waals surface area contributed by atoms with Gasteiger partial charge in [-0.05, 0) is 12.5 Å². The van der Waals surface area contributed by atoms with Gasteiger partial charge >= 0.3 is 0 Å². The summed E-state index contributed by atoms with van der Waals surface area (Å²) < 4.78 is 5.41. The summed E-state index contributed by atoms with van der Waals surface area (Å²) in [5, 5.41) is 0. The summed E-state index contributed by atoms with van der Waals surface area (Å²) in [7, 11) is 0. The van der Waals surface area contributed by atoms with Gasteiger partial charge < -0.3 is 4.74 Å². The molecule has 0 aromatic heterocycles. The molecule has 0 saturated carbocycles. The molecule has 2 aliphatic rings. The van der Waals surface area contributed by atoms with Crippen molar-refractivity contribution in [1.29, 1.82) is 0 Å². The van der Waals surface area contributed by atoms with Crippen LogP contribution in [0.25, 0.3) is 0 Å². The molecule has 4 nitrogen and oxygen atoms in total. The Balaban J connectivity index is 2.23. The Hall–Kier alpha value is -1.16. The minimum Gasteiger partial charge on any atom is -0.353 e. The van der Waals surface area contributed by atoms with E-state index in [1.54, 1.807) is 6.08 Å². The first kappa shape index (κ1) is 9.40. The largest absolute Gasteiger partial charge is 0.353 e. The van der Waals surface area contributed by atoms with Gasteiger partial charge in [0.05, 0.1) is 18.2 Å². The van der Waals surface area contributed by atoms with Crippen LogP contribution in [0, 0.1) is 5.92 Å². The number of hydrogen-bond acceptors (Lipinski definition) is 3. The molecule has 2 atom stereocenters. The average Bonchev–Trinajstić information content (AvgIpc) is 2.16. The molecule has 0 radical (unpaired) electrons. The van der Waals surface area contributed by atoms with E-state index in [2.05, 4.69) is 0 Å². The molecule has 0 spiro atoms. The van der Waals surface area contributed by atoms with Crippen LogP contribution in [0.4, 0.5) is 0 Å². The summed E-state index contributed by atoms with van der Waals surface area (Å²) in [5.74, 6) is -0.113. The second-order valence-corrected chi connectivity index (χ2v) is 3.59. The lowest BCUT2D eigenvalue weighted by Gasteiger charge is -2.48. The van der Waals surface area contributed by atoms with Gasteiger partial charge in [-0.2, -0.15) is 0 Å². The maximum Gasteiger partial charge on any atom is 0.236 e. The minimum atomic E-state index is -0.198. The molecule has 76 valence electrons. The van der Waals surface area contributed by atoms with E-state index in [1.807, 2.05) is 6.92 Å². The van der Waals surface area contributed by atoms with Crippen molar-refractivity contribution < 1.29 is 14.3 Å². The number of carbonyl (C=O) groups excluding carboxylic acids is 2. The van der Waals surface area contributed by atoms with E-state index in [-0.39, 0.29) is 23.8 Å². The highest BCUT2D eigenvalue weighted by Gasteiger charge is 2.50. The fourth-order valence-corrected chi connectivity index (χ4v) is 1.98. The number of nitrogens with zero attached hydrogens (tertiary/aromatic N) is 1. The summed E-state index contributed by atoms with van der Waals surface area (Å²) in [5.41, 5.74) is 0.496. The smallest absolute Gasteiger partial charge is 0.236 e. The predicted molar refractivity (Wildman–Crippen MR) is 49.1 cm³/mol. The fraction of sp³-hybridized carbons (Fsp3) is 0.600. The van der Waals surface area contributed by atoms with Crippen LogP contribution >= 0.6 is 0 Å². The van der Waals surface area contributed by atoms with E-state index < -0.39 is 0 Å². The SMILES string of the molecule is CCC1C(=O)N2C(C(C)=O)=CCOC12. The van der Waals surface area contributed by atoms with E-state index in [0.29, 0.717) is 12.3 Å². The lowest BCUT2D eigenvalue weighted by Crippen LogP contribution is -2.63. The van der Waals surface area contributed by atoms with Crippen molar-refractivity contribution in [2.45, 2.75) is 26.5 Å². The van der Waals surface area contributed by atoms with Gasteiger partial charge in [-0.25, -0.2) is 0 Å². The van der Waals surface area contributed by atoms with E-state index in [1.165, 1.54) is 11.8 Å². The second-order valence-electron chi connectivity index (χ2n) is 3.59. The van der Waals surface area contributed by atoms with Crippen LogP contribution in [-0.4, -0.2) is 29.4 Å². The molecular weight excluding hydrogens is 182 g/mol. The van der Waals surface area contributed by atoms with Crippen LogP contribution < -0.4 is 0 Å². The number of rotatable bonds is 2. The monoisotopic (exact) mass is 195 g/mol. The van der Waals surface area contributed by atoms with Crippen molar-refractivity contribution in [3.8, 4) is 0 Å². The lowest BCUT2D eigenvalue weighted by molar-refractivity contribution is -0.189. The number of Topliss-reactive ketones (excluding diaryl/α,β-unsaturated/α-hetero) is 1. The van der Waals surface area contributed by atoms with Crippen LogP contribution in [-0.2, 0) is 14.3 Å². The number of allylic oxidation sites excluding steroid dienone is 1. The van der Waals surface area contributed by atoms with Crippen molar-refractivity contribution >= 4 is 11.7 Å². The molecule has 1 amide bonds. The Kier molecular flexibility index (Phi) is 2.15. The highest BCUT2D eigenvalue weighted by molar-refractivity contribution is 6.00. The maximum absolute atomic E-state index is 11.6. The zero-order valence-electron chi connectivity index (χ0n) is 8.32. The van der Waals surface area contributed by atoms with Crippen LogP contribution in [0.15, 0.2) is 11.8 Å². The standard InChI is InChI=1S/C10H13NO3/c1-3-7-9(13)11-8(6(2)12)4-5-14-10(7)11/h4,7,10H,3,5H2,1-2H3. The van der Waals surface area contributed by atoms with Gasteiger partial charge in [-0.1, -0.05) is 6.92 Å². The Morgan fingerprint density at radius 1 is 1.71 bits per heavy atom. The van der Waals surface area contributed by atoms with Gasteiger partial charge in [-0.3, -0.25) is 14.5 Å². The second kappa shape index (κ2) is 3.20. The zero-order valence-corrected chi connectivity index (χ0v) is 8.32. The third kappa shape index (κ3) is 1.10. The summed E-state index contributed by atoms with van der Waals surface area (Å²) in [6, 6.07) is 0. The number of carbonyl (C=O) groups is 2. The molecule has 14 heavy (non-hydrogen) atoms. The van der Waals surface area contributed by atoms with Gasteiger partial charge in [0.2, 0.25) is 5.91 Å². The molecule has 1 fully saturated rings. The van der Waals surface area contributed by atoms with E-state index in [9.17, 15) is 9.59 Å². The minimum absolute atomic E-state index is 0.0126. The van der Waals surface area contributed by atoms with Gasteiger partial charge in [0.15, 0.2) is 5.78 Å². The van der Waals surface area contributed by atoms with Crippen LogP contribution in [0.2, 0.25) is 0 Å². The molecule has 4 heteroatoms. The first-order valence-electron chi connectivity index (χ1n) is 4.82. The van der Waals surface area contributed by atoms with Crippen molar-refractivity contribution in [2.75, 3.05) is 6.61 Å². The lowest BCUT2D eigenvalue weighted by atomic mass is 9.90. The molecule has 0 N–H and O–H groups in total. The third-order valence-corrected chi connectivity index (χ3v) is 2.76. The summed E-state index contributed by atoms with van der Waals surface area (Å²) in [4.78, 5) is 24.3. The normalized spacial score (nSPS) is 30.6. The number of β-lactam (4-membered cyclic amide) rings is 1. The van der Waals surface area contributed by atoms with E-state index in [0.717, 1.165) is 6.42 Å². The predicted octanol–water partition coefficient (Wildman–Crippen LogP) is 0.684.